The van der Waals surface area contributed by atoms with Gasteiger partial charge in [-0.05, 0) is 43.3 Å². The molecule has 0 saturated heterocycles. The first-order valence-electron chi connectivity index (χ1n) is 8.27. The third-order valence-electron chi connectivity index (χ3n) is 3.73. The average molecular weight is 368 g/mol. The maximum Gasteiger partial charge on any atom is 0.233 e. The molecule has 3 aromatic rings. The van der Waals surface area contributed by atoms with Gasteiger partial charge in [0.2, 0.25) is 11.8 Å². The van der Waals surface area contributed by atoms with E-state index in [-0.39, 0.29) is 17.1 Å². The smallest absolute Gasteiger partial charge is 0.233 e. The first-order valence-corrected chi connectivity index (χ1v) is 9.15. The molecule has 6 nitrogen and oxygen atoms in total. The van der Waals surface area contributed by atoms with Crippen LogP contribution in [-0.4, -0.2) is 27.0 Å². The van der Waals surface area contributed by atoms with Crippen LogP contribution in [0.25, 0.3) is 11.0 Å². The van der Waals surface area contributed by atoms with Crippen molar-refractivity contribution in [2.45, 2.75) is 30.5 Å². The standard InChI is InChI=1S/C19H20N4O2S/c1-12(26-15-9-7-14(8-10-15)21-13(2)24)19(25)20-11-18-22-16-5-3-4-6-17(16)23-18/h3-10,12H,11H2,1-2H3,(H,20,25)(H,21,24)(H,22,23). The number of imidazole rings is 1. The Bertz CT molecular complexity index is 888. The molecule has 0 bridgehead atoms. The molecule has 0 aliphatic rings. The molecule has 1 aromatic heterocycles. The minimum Gasteiger partial charge on any atom is -0.348 e. The Hall–Kier alpha value is -2.80. The minimum atomic E-state index is -0.244. The van der Waals surface area contributed by atoms with E-state index in [9.17, 15) is 9.59 Å². The van der Waals surface area contributed by atoms with Crippen molar-refractivity contribution < 1.29 is 9.59 Å². The second-order valence-corrected chi connectivity index (χ2v) is 7.30. The van der Waals surface area contributed by atoms with Crippen LogP contribution in [0, 0.1) is 0 Å². The maximum atomic E-state index is 12.3. The number of carbonyl (C=O) groups excluding carboxylic acids is 2. The van der Waals surface area contributed by atoms with Crippen molar-refractivity contribution in [3.05, 3.63) is 54.4 Å². The van der Waals surface area contributed by atoms with Crippen molar-refractivity contribution in [3.63, 3.8) is 0 Å². The zero-order valence-electron chi connectivity index (χ0n) is 14.6. The average Bonchev–Trinajstić information content (AvgIpc) is 3.03. The highest BCUT2D eigenvalue weighted by Gasteiger charge is 2.15. The number of nitrogens with one attached hydrogen (secondary N) is 3. The minimum absolute atomic E-state index is 0.0543. The fourth-order valence-corrected chi connectivity index (χ4v) is 3.37. The fourth-order valence-electron chi connectivity index (χ4n) is 2.48. The van der Waals surface area contributed by atoms with Crippen LogP contribution in [0.1, 0.15) is 19.7 Å². The molecule has 0 radical (unpaired) electrons. The number of amides is 2. The highest BCUT2D eigenvalue weighted by atomic mass is 32.2. The molecule has 1 atom stereocenters. The van der Waals surface area contributed by atoms with Gasteiger partial charge in [-0.1, -0.05) is 12.1 Å². The Balaban J connectivity index is 1.53. The molecule has 0 aliphatic heterocycles. The third kappa shape index (κ3) is 4.64. The van der Waals surface area contributed by atoms with Crippen molar-refractivity contribution in [1.29, 1.82) is 0 Å². The zero-order valence-corrected chi connectivity index (χ0v) is 15.4. The number of fused-ring (bicyclic) bond motifs is 1. The van der Waals surface area contributed by atoms with Gasteiger partial charge in [0, 0.05) is 17.5 Å². The van der Waals surface area contributed by atoms with Gasteiger partial charge in [0.05, 0.1) is 22.8 Å². The van der Waals surface area contributed by atoms with Crippen LogP contribution in [0.5, 0.6) is 0 Å². The monoisotopic (exact) mass is 368 g/mol. The van der Waals surface area contributed by atoms with E-state index >= 15 is 0 Å². The number of hydrogen-bond donors (Lipinski definition) is 3. The summed E-state index contributed by atoms with van der Waals surface area (Å²) in [7, 11) is 0. The second-order valence-electron chi connectivity index (χ2n) is 5.88. The van der Waals surface area contributed by atoms with Crippen LogP contribution < -0.4 is 10.6 Å². The number of aromatic nitrogens is 2. The number of carbonyl (C=O) groups is 2. The van der Waals surface area contributed by atoms with Crippen molar-refractivity contribution in [3.8, 4) is 0 Å². The van der Waals surface area contributed by atoms with Gasteiger partial charge < -0.3 is 15.6 Å². The quantitative estimate of drug-likeness (QED) is 0.583. The van der Waals surface area contributed by atoms with Gasteiger partial charge in [0.1, 0.15) is 5.82 Å². The lowest BCUT2D eigenvalue weighted by Crippen LogP contribution is -2.30. The van der Waals surface area contributed by atoms with E-state index in [4.69, 9.17) is 0 Å². The fraction of sp³-hybridized carbons (Fsp3) is 0.211. The molecule has 3 N–H and O–H groups in total. The third-order valence-corrected chi connectivity index (χ3v) is 4.84. The van der Waals surface area contributed by atoms with E-state index in [0.717, 1.165) is 27.4 Å². The van der Waals surface area contributed by atoms with Crippen LogP contribution in [0.15, 0.2) is 53.4 Å². The number of thioether (sulfide) groups is 1. The predicted octanol–water partition coefficient (Wildman–Crippen LogP) is 3.32. The molecule has 1 heterocycles. The molecule has 2 aromatic carbocycles. The number of aromatic amines is 1. The summed E-state index contributed by atoms with van der Waals surface area (Å²) in [6.07, 6.45) is 0. The summed E-state index contributed by atoms with van der Waals surface area (Å²) in [4.78, 5) is 32.0. The number of benzene rings is 2. The highest BCUT2D eigenvalue weighted by molar-refractivity contribution is 8.00. The Labute approximate surface area is 155 Å². The summed E-state index contributed by atoms with van der Waals surface area (Å²) in [5.74, 6) is 0.571. The van der Waals surface area contributed by atoms with E-state index in [1.54, 1.807) is 0 Å². The van der Waals surface area contributed by atoms with Crippen LogP contribution in [0.3, 0.4) is 0 Å². The number of hydrogen-bond acceptors (Lipinski definition) is 4. The molecule has 26 heavy (non-hydrogen) atoms. The van der Waals surface area contributed by atoms with E-state index in [0.29, 0.717) is 6.54 Å². The van der Waals surface area contributed by atoms with Crippen molar-refractivity contribution >= 4 is 40.3 Å². The number of para-hydroxylation sites is 2. The van der Waals surface area contributed by atoms with Crippen LogP contribution in [-0.2, 0) is 16.1 Å². The number of nitrogens with zero attached hydrogens (tertiary/aromatic N) is 1. The summed E-state index contributed by atoms with van der Waals surface area (Å²) < 4.78 is 0. The molecule has 134 valence electrons. The van der Waals surface area contributed by atoms with Crippen LogP contribution in [0.2, 0.25) is 0 Å². The SMILES string of the molecule is CC(=O)Nc1ccc(SC(C)C(=O)NCc2nc3ccccc3[nH]2)cc1. The molecule has 0 fully saturated rings. The normalized spacial score (nSPS) is 11.9. The summed E-state index contributed by atoms with van der Waals surface area (Å²) in [6, 6.07) is 15.2. The summed E-state index contributed by atoms with van der Waals surface area (Å²) in [5, 5.41) is 5.38. The Morgan fingerprint density at radius 2 is 1.88 bits per heavy atom. The lowest BCUT2D eigenvalue weighted by Gasteiger charge is -2.11. The molecular weight excluding hydrogens is 348 g/mol. The predicted molar refractivity (Wildman–Crippen MR) is 104 cm³/mol. The molecule has 2 amide bonds. The molecule has 7 heteroatoms. The lowest BCUT2D eigenvalue weighted by atomic mass is 10.3. The lowest BCUT2D eigenvalue weighted by molar-refractivity contribution is -0.120. The van der Waals surface area contributed by atoms with E-state index in [1.807, 2.05) is 55.5 Å². The second kappa shape index (κ2) is 8.05. The zero-order chi connectivity index (χ0) is 18.5. The molecule has 0 aliphatic carbocycles. The van der Waals surface area contributed by atoms with Crippen LogP contribution in [0.4, 0.5) is 5.69 Å². The first-order chi connectivity index (χ1) is 12.5. The van der Waals surface area contributed by atoms with Gasteiger partial charge in [-0.25, -0.2) is 4.98 Å². The van der Waals surface area contributed by atoms with Gasteiger partial charge >= 0.3 is 0 Å². The van der Waals surface area contributed by atoms with E-state index in [1.165, 1.54) is 18.7 Å². The van der Waals surface area contributed by atoms with Crippen molar-refractivity contribution in [2.75, 3.05) is 5.32 Å². The maximum absolute atomic E-state index is 12.3. The molecular formula is C19H20N4O2S. The van der Waals surface area contributed by atoms with Gasteiger partial charge in [-0.2, -0.15) is 0 Å². The molecule has 3 rings (SSSR count). The number of anilines is 1. The molecule has 0 spiro atoms. The first kappa shape index (κ1) is 18.0. The molecule has 1 unspecified atom stereocenters. The molecule has 0 saturated carbocycles. The number of H-pyrrole nitrogens is 1. The largest absolute Gasteiger partial charge is 0.348 e. The van der Waals surface area contributed by atoms with Gasteiger partial charge in [0.15, 0.2) is 0 Å². The van der Waals surface area contributed by atoms with Crippen LogP contribution >= 0.6 is 11.8 Å². The Morgan fingerprint density at radius 1 is 1.15 bits per heavy atom. The Kier molecular flexibility index (Phi) is 5.58. The van der Waals surface area contributed by atoms with Crippen molar-refractivity contribution in [1.82, 2.24) is 15.3 Å². The van der Waals surface area contributed by atoms with E-state index in [2.05, 4.69) is 20.6 Å². The van der Waals surface area contributed by atoms with Crippen molar-refractivity contribution in [2.24, 2.45) is 0 Å². The van der Waals surface area contributed by atoms with Gasteiger partial charge in [-0.3, -0.25) is 9.59 Å². The summed E-state index contributed by atoms with van der Waals surface area (Å²) in [6.45, 7) is 3.69. The summed E-state index contributed by atoms with van der Waals surface area (Å²) in [5.41, 5.74) is 2.58. The highest BCUT2D eigenvalue weighted by Crippen LogP contribution is 2.25. The summed E-state index contributed by atoms with van der Waals surface area (Å²) >= 11 is 1.46. The number of rotatable bonds is 6. The topological polar surface area (TPSA) is 86.9 Å². The van der Waals surface area contributed by atoms with E-state index < -0.39 is 0 Å². The van der Waals surface area contributed by atoms with Gasteiger partial charge in [0.25, 0.3) is 0 Å². The Morgan fingerprint density at radius 3 is 2.58 bits per heavy atom. The van der Waals surface area contributed by atoms with Gasteiger partial charge in [-0.15, -0.1) is 11.8 Å².